The van der Waals surface area contributed by atoms with Crippen molar-refractivity contribution in [2.45, 2.75) is 67.2 Å². The summed E-state index contributed by atoms with van der Waals surface area (Å²) in [6.45, 7) is 12.4. The van der Waals surface area contributed by atoms with Crippen LogP contribution in [0.3, 0.4) is 0 Å². The summed E-state index contributed by atoms with van der Waals surface area (Å²) in [5.41, 5.74) is 4.79. The minimum Gasteiger partial charge on any atom is -0.438 e. The smallest absolute Gasteiger partial charge is 0.324 e. The summed E-state index contributed by atoms with van der Waals surface area (Å²) in [5, 5.41) is 5.92. The maximum absolute atomic E-state index is 13.4. The molecular weight excluding hydrogens is 560 g/mol. The van der Waals surface area contributed by atoms with Crippen LogP contribution >= 0.6 is 0 Å². The zero-order chi connectivity index (χ0) is 32.7. The van der Waals surface area contributed by atoms with Crippen molar-refractivity contribution in [1.82, 2.24) is 15.3 Å². The Balaban J connectivity index is 0.000000649. The van der Waals surface area contributed by atoms with E-state index in [0.717, 1.165) is 36.7 Å². The van der Waals surface area contributed by atoms with Gasteiger partial charge in [0.05, 0.1) is 10.9 Å². The Hall–Kier alpha value is -4.66. The highest BCUT2D eigenvalue weighted by molar-refractivity contribution is 6.08. The van der Waals surface area contributed by atoms with E-state index in [2.05, 4.69) is 70.6 Å². The van der Waals surface area contributed by atoms with Gasteiger partial charge in [0.25, 0.3) is 5.92 Å². The summed E-state index contributed by atoms with van der Waals surface area (Å²) in [7, 11) is 1.40. The lowest BCUT2D eigenvalue weighted by Gasteiger charge is -2.13. The predicted octanol–water partition coefficient (Wildman–Crippen LogP) is 9.32. The Labute approximate surface area is 259 Å². The number of urea groups is 1. The third-order valence-corrected chi connectivity index (χ3v) is 6.46. The van der Waals surface area contributed by atoms with Gasteiger partial charge in [-0.2, -0.15) is 0 Å². The van der Waals surface area contributed by atoms with Crippen LogP contribution in [0.5, 0.6) is 11.6 Å². The SMILES string of the molecule is CC.CCc1cc2ncnc(Oc3cccc(NC(=O)NC(/C=C(\C)C(C)(F)F)=NC)c3)c2cc1CC.Cc1ccccc1. The number of fused-ring (bicyclic) bond motifs is 1. The van der Waals surface area contributed by atoms with Crippen LogP contribution in [0, 0.1) is 6.92 Å². The number of aromatic nitrogens is 2. The van der Waals surface area contributed by atoms with Crippen LogP contribution in [-0.2, 0) is 12.8 Å². The average Bonchev–Trinajstić information content (AvgIpc) is 3.01. The number of carbonyl (C=O) groups is 1. The molecule has 0 bridgehead atoms. The number of nitrogens with zero attached hydrogens (tertiary/aromatic N) is 3. The summed E-state index contributed by atoms with van der Waals surface area (Å²) >= 11 is 0. The Kier molecular flexibility index (Phi) is 14.1. The highest BCUT2D eigenvalue weighted by Gasteiger charge is 2.24. The van der Waals surface area contributed by atoms with E-state index >= 15 is 0 Å². The first-order chi connectivity index (χ1) is 21.0. The minimum absolute atomic E-state index is 0.0135. The number of benzene rings is 3. The maximum atomic E-state index is 13.4. The van der Waals surface area contributed by atoms with Gasteiger partial charge in [0.15, 0.2) is 0 Å². The van der Waals surface area contributed by atoms with Gasteiger partial charge >= 0.3 is 6.03 Å². The molecule has 7 nitrogen and oxygen atoms in total. The number of ether oxygens (including phenoxy) is 1. The lowest BCUT2D eigenvalue weighted by Crippen LogP contribution is -2.34. The fourth-order valence-corrected chi connectivity index (χ4v) is 3.96. The summed E-state index contributed by atoms with van der Waals surface area (Å²) in [6.07, 6.45) is 4.39. The third-order valence-electron chi connectivity index (χ3n) is 6.46. The first kappa shape index (κ1) is 35.5. The molecule has 44 heavy (non-hydrogen) atoms. The lowest BCUT2D eigenvalue weighted by atomic mass is 10.0. The molecule has 2 amide bonds. The number of aliphatic imine (C=N–C) groups is 1. The van der Waals surface area contributed by atoms with Crippen molar-refractivity contribution < 1.29 is 18.3 Å². The molecule has 4 aromatic rings. The number of nitrogens with one attached hydrogen (secondary N) is 2. The molecule has 4 rings (SSSR count). The number of carbonyl (C=O) groups excluding carboxylic acids is 1. The molecule has 1 heterocycles. The van der Waals surface area contributed by atoms with E-state index in [0.29, 0.717) is 17.3 Å². The molecule has 9 heteroatoms. The third kappa shape index (κ3) is 10.9. The van der Waals surface area contributed by atoms with Crippen LogP contribution in [-0.4, -0.2) is 34.8 Å². The van der Waals surface area contributed by atoms with E-state index < -0.39 is 12.0 Å². The molecule has 0 fully saturated rings. The van der Waals surface area contributed by atoms with Crippen molar-refractivity contribution in [3.8, 4) is 11.6 Å². The Bertz CT molecular complexity index is 1560. The average molecular weight is 604 g/mol. The van der Waals surface area contributed by atoms with Crippen LogP contribution in [0.4, 0.5) is 19.3 Å². The van der Waals surface area contributed by atoms with Gasteiger partial charge in [0.2, 0.25) is 5.88 Å². The van der Waals surface area contributed by atoms with E-state index in [1.54, 1.807) is 24.3 Å². The van der Waals surface area contributed by atoms with Crippen molar-refractivity contribution in [2.75, 3.05) is 12.4 Å². The molecule has 2 N–H and O–H groups in total. The Morgan fingerprint density at radius 1 is 0.977 bits per heavy atom. The number of halogens is 2. The molecule has 0 aliphatic rings. The minimum atomic E-state index is -3.01. The van der Waals surface area contributed by atoms with Gasteiger partial charge in [-0.15, -0.1) is 0 Å². The first-order valence-electron chi connectivity index (χ1n) is 14.7. The van der Waals surface area contributed by atoms with Gasteiger partial charge in [-0.3, -0.25) is 10.3 Å². The van der Waals surface area contributed by atoms with Crippen LogP contribution in [0.15, 0.2) is 89.7 Å². The van der Waals surface area contributed by atoms with Crippen LogP contribution in [0.1, 0.15) is 58.2 Å². The van der Waals surface area contributed by atoms with Crippen molar-refractivity contribution in [3.05, 3.63) is 101 Å². The molecule has 234 valence electrons. The lowest BCUT2D eigenvalue weighted by molar-refractivity contribution is 0.0636. The van der Waals surface area contributed by atoms with E-state index in [1.807, 2.05) is 32.0 Å². The van der Waals surface area contributed by atoms with Crippen LogP contribution < -0.4 is 15.4 Å². The molecule has 0 aliphatic carbocycles. The zero-order valence-corrected chi connectivity index (χ0v) is 26.8. The second kappa shape index (κ2) is 17.5. The molecule has 0 saturated carbocycles. The molecule has 0 aliphatic heterocycles. The quantitative estimate of drug-likeness (QED) is 0.163. The number of aryl methyl sites for hydroxylation is 3. The number of hydrogen-bond donors (Lipinski definition) is 2. The molecule has 3 aromatic carbocycles. The summed E-state index contributed by atoms with van der Waals surface area (Å²) in [5.74, 6) is -2.12. The van der Waals surface area contributed by atoms with Crippen molar-refractivity contribution in [3.63, 3.8) is 0 Å². The predicted molar refractivity (Wildman–Crippen MR) is 177 cm³/mol. The zero-order valence-electron chi connectivity index (χ0n) is 26.8. The van der Waals surface area contributed by atoms with Crippen molar-refractivity contribution in [2.24, 2.45) is 4.99 Å². The van der Waals surface area contributed by atoms with Gasteiger partial charge in [-0.05, 0) is 73.7 Å². The molecule has 0 saturated heterocycles. The number of allylic oxidation sites excluding steroid dienone is 1. The van der Waals surface area contributed by atoms with Crippen LogP contribution in [0.2, 0.25) is 0 Å². The number of amidine groups is 1. The number of amides is 2. The molecule has 1 aromatic heterocycles. The normalized spacial score (nSPS) is 11.5. The summed E-state index contributed by atoms with van der Waals surface area (Å²) < 4.78 is 32.9. The second-order valence-electron chi connectivity index (χ2n) is 9.71. The number of hydrogen-bond acceptors (Lipinski definition) is 5. The summed E-state index contributed by atoms with van der Waals surface area (Å²) in [6, 6.07) is 20.5. The molecule has 0 atom stereocenters. The van der Waals surface area contributed by atoms with Crippen molar-refractivity contribution in [1.29, 1.82) is 0 Å². The first-order valence-corrected chi connectivity index (χ1v) is 14.7. The highest BCUT2D eigenvalue weighted by atomic mass is 19.3. The largest absolute Gasteiger partial charge is 0.438 e. The number of alkyl halides is 2. The van der Waals surface area contributed by atoms with Crippen molar-refractivity contribution >= 4 is 28.5 Å². The highest BCUT2D eigenvalue weighted by Crippen LogP contribution is 2.30. The van der Waals surface area contributed by atoms with E-state index in [-0.39, 0.29) is 11.4 Å². The van der Waals surface area contributed by atoms with E-state index in [4.69, 9.17) is 4.74 Å². The molecule has 0 unspecified atom stereocenters. The van der Waals surface area contributed by atoms with Gasteiger partial charge < -0.3 is 10.1 Å². The Morgan fingerprint density at radius 2 is 1.64 bits per heavy atom. The summed E-state index contributed by atoms with van der Waals surface area (Å²) in [4.78, 5) is 24.9. The topological polar surface area (TPSA) is 88.5 Å². The fourth-order valence-electron chi connectivity index (χ4n) is 3.96. The molecular formula is C35H43F2N5O2. The maximum Gasteiger partial charge on any atom is 0.324 e. The van der Waals surface area contributed by atoms with Gasteiger partial charge in [-0.25, -0.2) is 23.5 Å². The van der Waals surface area contributed by atoms with Gasteiger partial charge in [-0.1, -0.05) is 69.7 Å². The van der Waals surface area contributed by atoms with Crippen LogP contribution in [0.25, 0.3) is 10.9 Å². The fraction of sp³-hybridized carbons (Fsp3) is 0.314. The molecule has 0 spiro atoms. The second-order valence-corrected chi connectivity index (χ2v) is 9.71. The Morgan fingerprint density at radius 3 is 2.20 bits per heavy atom. The standard InChI is InChI=1S/C26H29F2N5O2.C7H8.C2H6/c1-6-17-12-21-22(13-18(17)7-2)30-15-31-24(21)35-20-10-8-9-19(14-20)32-25(34)33-23(29-5)11-16(3)26(4,27)28;1-7-5-3-2-4-6-7;1-2/h8-15H,6-7H2,1-5H3,(H2,29,32,33,34);2-6H,1H3;1-2H3/b16-11+;;. The monoisotopic (exact) mass is 603 g/mol. The number of anilines is 1. The van der Waals surface area contributed by atoms with Gasteiger partial charge in [0.1, 0.15) is 17.9 Å². The van der Waals surface area contributed by atoms with E-state index in [9.17, 15) is 13.6 Å². The number of rotatable bonds is 7. The van der Waals surface area contributed by atoms with Gasteiger partial charge in [0, 0.05) is 25.7 Å². The molecule has 0 radical (unpaired) electrons. The van der Waals surface area contributed by atoms with E-state index in [1.165, 1.54) is 37.0 Å².